The van der Waals surface area contributed by atoms with Crippen LogP contribution in [0.4, 0.5) is 0 Å². The third-order valence-electron chi connectivity index (χ3n) is 3.92. The van der Waals surface area contributed by atoms with E-state index in [1.807, 2.05) is 4.68 Å². The number of ether oxygens (including phenoxy) is 1. The van der Waals surface area contributed by atoms with Gasteiger partial charge in [0.1, 0.15) is 0 Å². The van der Waals surface area contributed by atoms with Crippen LogP contribution in [0.3, 0.4) is 0 Å². The van der Waals surface area contributed by atoms with Crippen molar-refractivity contribution in [3.8, 4) is 0 Å². The molecule has 0 bridgehead atoms. The number of aromatic nitrogens is 2. The zero-order valence-electron chi connectivity index (χ0n) is 13.0. The predicted molar refractivity (Wildman–Crippen MR) is 80.8 cm³/mol. The maximum absolute atomic E-state index is 5.07. The van der Waals surface area contributed by atoms with E-state index >= 15 is 0 Å². The number of hydrogen-bond acceptors (Lipinski definition) is 4. The van der Waals surface area contributed by atoms with Crippen LogP contribution in [-0.2, 0) is 11.3 Å². The fourth-order valence-corrected chi connectivity index (χ4v) is 2.73. The second-order valence-electron chi connectivity index (χ2n) is 5.84. The molecule has 2 rings (SSSR count). The van der Waals surface area contributed by atoms with Crippen LogP contribution in [0.2, 0.25) is 0 Å². The average molecular weight is 280 g/mol. The molecular weight excluding hydrogens is 252 g/mol. The summed E-state index contributed by atoms with van der Waals surface area (Å²) >= 11 is 0. The van der Waals surface area contributed by atoms with E-state index in [2.05, 4.69) is 41.4 Å². The van der Waals surface area contributed by atoms with Gasteiger partial charge in [-0.05, 0) is 39.3 Å². The highest BCUT2D eigenvalue weighted by Gasteiger charge is 2.24. The summed E-state index contributed by atoms with van der Waals surface area (Å²) in [6, 6.07) is 3.22. The third kappa shape index (κ3) is 4.30. The minimum Gasteiger partial charge on any atom is -0.383 e. The summed E-state index contributed by atoms with van der Waals surface area (Å²) in [5, 5.41) is 8.13. The number of nitrogens with zero attached hydrogens (tertiary/aromatic N) is 3. The molecule has 1 N–H and O–H groups in total. The van der Waals surface area contributed by atoms with Gasteiger partial charge in [0.15, 0.2) is 0 Å². The van der Waals surface area contributed by atoms with E-state index in [-0.39, 0.29) is 0 Å². The van der Waals surface area contributed by atoms with Crippen molar-refractivity contribution >= 4 is 0 Å². The molecule has 1 saturated heterocycles. The van der Waals surface area contributed by atoms with Crippen LogP contribution in [0.1, 0.15) is 38.4 Å². The molecule has 2 heterocycles. The molecular formula is C15H28N4O. The first-order chi connectivity index (χ1) is 9.70. The Labute approximate surface area is 122 Å². The largest absolute Gasteiger partial charge is 0.383 e. The van der Waals surface area contributed by atoms with Crippen LogP contribution >= 0.6 is 0 Å². The number of rotatable bonds is 8. The summed E-state index contributed by atoms with van der Waals surface area (Å²) in [5.41, 5.74) is 1.18. The van der Waals surface area contributed by atoms with Gasteiger partial charge >= 0.3 is 0 Å². The molecule has 0 saturated carbocycles. The lowest BCUT2D eigenvalue weighted by atomic mass is 10.2. The first kappa shape index (κ1) is 15.5. The number of hydrogen-bond donors (Lipinski definition) is 1. The molecule has 1 aromatic heterocycles. The van der Waals surface area contributed by atoms with Gasteiger partial charge in [-0.25, -0.2) is 0 Å². The maximum Gasteiger partial charge on any atom is 0.0765 e. The summed E-state index contributed by atoms with van der Waals surface area (Å²) in [7, 11) is 1.74. The molecule has 5 nitrogen and oxygen atoms in total. The van der Waals surface area contributed by atoms with Gasteiger partial charge in [0.25, 0.3) is 0 Å². The third-order valence-corrected chi connectivity index (χ3v) is 3.92. The van der Waals surface area contributed by atoms with Crippen molar-refractivity contribution in [2.45, 2.75) is 45.3 Å². The fourth-order valence-electron chi connectivity index (χ4n) is 2.73. The molecule has 0 aliphatic carbocycles. The minimum absolute atomic E-state index is 0.439. The Kier molecular flexibility index (Phi) is 6.01. The molecule has 1 aromatic rings. The van der Waals surface area contributed by atoms with Crippen molar-refractivity contribution in [2.75, 3.05) is 33.4 Å². The van der Waals surface area contributed by atoms with E-state index in [0.717, 1.165) is 26.2 Å². The van der Waals surface area contributed by atoms with Gasteiger partial charge in [-0.1, -0.05) is 0 Å². The Morgan fingerprint density at radius 2 is 2.35 bits per heavy atom. The van der Waals surface area contributed by atoms with Gasteiger partial charge in [-0.2, -0.15) is 5.10 Å². The van der Waals surface area contributed by atoms with Crippen molar-refractivity contribution in [2.24, 2.45) is 0 Å². The Hall–Kier alpha value is -0.910. The lowest BCUT2D eigenvalue weighted by molar-refractivity contribution is 0.190. The predicted octanol–water partition coefficient (Wildman–Crippen LogP) is 1.66. The van der Waals surface area contributed by atoms with Gasteiger partial charge in [0.05, 0.1) is 12.3 Å². The van der Waals surface area contributed by atoms with Gasteiger partial charge in [0, 0.05) is 45.0 Å². The van der Waals surface area contributed by atoms with Crippen LogP contribution in [0.15, 0.2) is 12.3 Å². The highest BCUT2D eigenvalue weighted by molar-refractivity contribution is 5.01. The quantitative estimate of drug-likeness (QED) is 0.736. The number of nitrogens with one attached hydrogen (secondary N) is 1. The lowest BCUT2D eigenvalue weighted by Crippen LogP contribution is -2.38. The average Bonchev–Trinajstić information content (AvgIpc) is 3.05. The highest BCUT2D eigenvalue weighted by atomic mass is 16.5. The minimum atomic E-state index is 0.439. The SMILES string of the molecule is COCCNCC1CCCN1Cc1ccn(C(C)C)n1. The van der Waals surface area contributed by atoms with Crippen molar-refractivity contribution in [3.63, 3.8) is 0 Å². The monoisotopic (exact) mass is 280 g/mol. The molecule has 0 amide bonds. The second kappa shape index (κ2) is 7.76. The van der Waals surface area contributed by atoms with Gasteiger partial charge in [-0.15, -0.1) is 0 Å². The number of likely N-dealkylation sites (tertiary alicyclic amines) is 1. The molecule has 1 fully saturated rings. The van der Waals surface area contributed by atoms with Gasteiger partial charge in [0.2, 0.25) is 0 Å². The van der Waals surface area contributed by atoms with Crippen LogP contribution in [-0.4, -0.2) is 54.1 Å². The molecule has 5 heteroatoms. The Balaban J connectivity index is 1.80. The Morgan fingerprint density at radius 3 is 3.05 bits per heavy atom. The Bertz CT molecular complexity index is 391. The topological polar surface area (TPSA) is 42.3 Å². The molecule has 0 spiro atoms. The molecule has 114 valence electrons. The molecule has 20 heavy (non-hydrogen) atoms. The molecule has 1 unspecified atom stereocenters. The summed E-state index contributed by atoms with van der Waals surface area (Å²) in [4.78, 5) is 2.55. The van der Waals surface area contributed by atoms with E-state index in [1.54, 1.807) is 7.11 Å². The van der Waals surface area contributed by atoms with E-state index in [4.69, 9.17) is 4.74 Å². The van der Waals surface area contributed by atoms with E-state index in [0.29, 0.717) is 12.1 Å². The first-order valence-corrected chi connectivity index (χ1v) is 7.68. The van der Waals surface area contributed by atoms with Crippen LogP contribution in [0, 0.1) is 0 Å². The summed E-state index contributed by atoms with van der Waals surface area (Å²) in [6.45, 7) is 9.24. The zero-order valence-corrected chi connectivity index (χ0v) is 13.0. The van der Waals surface area contributed by atoms with Crippen molar-refractivity contribution in [3.05, 3.63) is 18.0 Å². The van der Waals surface area contributed by atoms with Crippen LogP contribution < -0.4 is 5.32 Å². The highest BCUT2D eigenvalue weighted by Crippen LogP contribution is 2.19. The summed E-state index contributed by atoms with van der Waals surface area (Å²) in [5.74, 6) is 0. The first-order valence-electron chi connectivity index (χ1n) is 7.68. The molecule has 0 radical (unpaired) electrons. The van der Waals surface area contributed by atoms with Gasteiger partial charge < -0.3 is 10.1 Å². The second-order valence-corrected chi connectivity index (χ2v) is 5.84. The van der Waals surface area contributed by atoms with E-state index in [1.165, 1.54) is 25.1 Å². The maximum atomic E-state index is 5.07. The normalized spacial score (nSPS) is 20.1. The molecule has 1 aliphatic rings. The van der Waals surface area contributed by atoms with Crippen molar-refractivity contribution < 1.29 is 4.74 Å². The van der Waals surface area contributed by atoms with E-state index < -0.39 is 0 Å². The van der Waals surface area contributed by atoms with Crippen LogP contribution in [0.5, 0.6) is 0 Å². The lowest BCUT2D eigenvalue weighted by Gasteiger charge is -2.23. The summed E-state index contributed by atoms with van der Waals surface area (Å²) in [6.07, 6.45) is 4.66. The smallest absolute Gasteiger partial charge is 0.0765 e. The van der Waals surface area contributed by atoms with Gasteiger partial charge in [-0.3, -0.25) is 9.58 Å². The van der Waals surface area contributed by atoms with Crippen molar-refractivity contribution in [1.82, 2.24) is 20.0 Å². The summed E-state index contributed by atoms with van der Waals surface area (Å²) < 4.78 is 7.10. The fraction of sp³-hybridized carbons (Fsp3) is 0.800. The van der Waals surface area contributed by atoms with Crippen LogP contribution in [0.25, 0.3) is 0 Å². The molecule has 0 aromatic carbocycles. The molecule has 1 aliphatic heterocycles. The number of methoxy groups -OCH3 is 1. The zero-order chi connectivity index (χ0) is 14.4. The molecule has 1 atom stereocenters. The Morgan fingerprint density at radius 1 is 1.50 bits per heavy atom. The standard InChI is InChI=1S/C15H28N4O/c1-13(2)19-9-6-14(17-19)12-18-8-4-5-15(18)11-16-7-10-20-3/h6,9,13,15-16H,4-5,7-8,10-12H2,1-3H3. The van der Waals surface area contributed by atoms with E-state index in [9.17, 15) is 0 Å². The van der Waals surface area contributed by atoms with Crippen molar-refractivity contribution in [1.29, 1.82) is 0 Å².